The predicted molar refractivity (Wildman–Crippen MR) is 200 cm³/mol. The number of hydrogen-bond acceptors (Lipinski definition) is 1. The van der Waals surface area contributed by atoms with E-state index in [9.17, 15) is 2.74 Å². The molecule has 47 heavy (non-hydrogen) atoms. The van der Waals surface area contributed by atoms with Gasteiger partial charge < -0.3 is 4.42 Å². The first-order valence-electron chi connectivity index (χ1n) is 19.9. The summed E-state index contributed by atoms with van der Waals surface area (Å²) in [4.78, 5) is 0. The van der Waals surface area contributed by atoms with E-state index in [1.165, 1.54) is 10.8 Å². The smallest absolute Gasteiger partial charge is 0.136 e. The molecule has 0 amide bonds. The van der Waals surface area contributed by atoms with Crippen LogP contribution in [-0.4, -0.2) is 0 Å². The number of furan rings is 1. The zero-order valence-electron chi connectivity index (χ0n) is 33.9. The van der Waals surface area contributed by atoms with Gasteiger partial charge in [0.15, 0.2) is 0 Å². The minimum absolute atomic E-state index is 0.0565. The van der Waals surface area contributed by atoms with Gasteiger partial charge >= 0.3 is 0 Å². The van der Waals surface area contributed by atoms with E-state index in [0.717, 1.165) is 43.8 Å². The Morgan fingerprint density at radius 2 is 1.00 bits per heavy atom. The molecule has 0 fully saturated rings. The zero-order valence-corrected chi connectivity index (χ0v) is 24.9. The zero-order chi connectivity index (χ0) is 38.7. The lowest BCUT2D eigenvalue weighted by Crippen LogP contribution is -1.91. The monoisotopic (exact) mass is 605 g/mol. The SMILES string of the molecule is [2H]c1c([2H])c(-c2c3ccccc3c(-c3ccc(-c4ccc5ccccc5c4)cc3)c3ccccc23)c2c(oc3c([2H])c4c([2H])c([2H])c([2H])c([2H])c4c([2H])c32)c1[2H]. The summed E-state index contributed by atoms with van der Waals surface area (Å²) >= 11 is 0. The van der Waals surface area contributed by atoms with Crippen molar-refractivity contribution in [2.24, 2.45) is 0 Å². The van der Waals surface area contributed by atoms with Gasteiger partial charge in [-0.2, -0.15) is 0 Å². The van der Waals surface area contributed by atoms with Crippen molar-refractivity contribution < 1.29 is 16.8 Å². The fourth-order valence-corrected chi connectivity index (χ4v) is 7.01. The van der Waals surface area contributed by atoms with Crippen LogP contribution in [-0.2, 0) is 0 Å². The molecule has 1 aromatic heterocycles. The van der Waals surface area contributed by atoms with Crippen molar-refractivity contribution in [2.45, 2.75) is 0 Å². The van der Waals surface area contributed by atoms with Crippen LogP contribution in [0.5, 0.6) is 0 Å². The lowest BCUT2D eigenvalue weighted by molar-refractivity contribution is 0.669. The molecule has 0 radical (unpaired) electrons. The molecule has 218 valence electrons. The summed E-state index contributed by atoms with van der Waals surface area (Å²) in [6, 6.07) is 35.2. The van der Waals surface area contributed by atoms with Gasteiger partial charge in [-0.1, -0.05) is 145 Å². The Balaban J connectivity index is 1.30. The maximum absolute atomic E-state index is 9.44. The van der Waals surface area contributed by atoms with E-state index >= 15 is 0 Å². The summed E-state index contributed by atoms with van der Waals surface area (Å²) < 4.78 is 86.0. The average molecular weight is 606 g/mol. The van der Waals surface area contributed by atoms with Gasteiger partial charge in [0.05, 0.1) is 12.3 Å². The minimum Gasteiger partial charge on any atom is -0.456 e. The summed E-state index contributed by atoms with van der Waals surface area (Å²) in [6.07, 6.45) is 0. The van der Waals surface area contributed by atoms with Crippen molar-refractivity contribution in [3.05, 3.63) is 170 Å². The molecule has 0 saturated carbocycles. The number of hydrogen-bond donors (Lipinski definition) is 0. The van der Waals surface area contributed by atoms with Crippen molar-refractivity contribution in [2.75, 3.05) is 0 Å². The Kier molecular flexibility index (Phi) is 4.05. The molecule has 1 nitrogen and oxygen atoms in total. The summed E-state index contributed by atoms with van der Waals surface area (Å²) in [5.41, 5.74) is 4.76. The van der Waals surface area contributed by atoms with Crippen molar-refractivity contribution in [1.82, 2.24) is 0 Å². The van der Waals surface area contributed by atoms with Gasteiger partial charge in [-0.05, 0) is 101 Å². The second-order valence-corrected chi connectivity index (χ2v) is 11.7. The highest BCUT2D eigenvalue weighted by molar-refractivity contribution is 6.26. The van der Waals surface area contributed by atoms with E-state index in [1.54, 1.807) is 0 Å². The normalized spacial score (nSPS) is 14.5. The lowest BCUT2D eigenvalue weighted by atomic mass is 9.84. The van der Waals surface area contributed by atoms with Crippen LogP contribution in [0.25, 0.3) is 98.4 Å². The maximum atomic E-state index is 9.44. The first-order chi connectivity index (χ1) is 27.1. The summed E-state index contributed by atoms with van der Waals surface area (Å²) in [6.45, 7) is 0. The summed E-state index contributed by atoms with van der Waals surface area (Å²) in [5, 5.41) is 5.57. The molecule has 0 aliphatic heterocycles. The molecular formula is C46H28O. The standard InChI is InChI=1S/C46H28O/c1-2-11-32-26-35(25-22-29(32)10-1)30-20-23-31(24-21-30)44-36-14-5-7-16-38(36)45(39-17-8-6-15-37(39)44)40-18-9-19-42-46(40)41-27-33-12-3-4-13-34(33)28-43(41)47-42/h1-28H/i3D,4D,9D,12D,13D,18D,19D,27D,28D. The van der Waals surface area contributed by atoms with E-state index in [1.807, 2.05) is 60.7 Å². The van der Waals surface area contributed by atoms with Crippen LogP contribution in [0.3, 0.4) is 0 Å². The number of fused-ring (bicyclic) bond motifs is 7. The Labute approximate surface area is 284 Å². The van der Waals surface area contributed by atoms with E-state index in [2.05, 4.69) is 54.6 Å². The van der Waals surface area contributed by atoms with Gasteiger partial charge in [0.25, 0.3) is 0 Å². The van der Waals surface area contributed by atoms with Crippen LogP contribution in [0, 0.1) is 0 Å². The average Bonchev–Trinajstić information content (AvgIpc) is 3.63. The van der Waals surface area contributed by atoms with Gasteiger partial charge in [0.1, 0.15) is 11.2 Å². The topological polar surface area (TPSA) is 13.1 Å². The molecule has 10 aromatic rings. The maximum Gasteiger partial charge on any atom is 0.136 e. The number of rotatable bonds is 3. The molecule has 9 aromatic carbocycles. The van der Waals surface area contributed by atoms with E-state index in [4.69, 9.17) is 14.0 Å². The molecule has 1 heteroatoms. The first-order valence-corrected chi connectivity index (χ1v) is 15.4. The third kappa shape index (κ3) is 4.03. The van der Waals surface area contributed by atoms with Gasteiger partial charge in [-0.25, -0.2) is 0 Å². The van der Waals surface area contributed by atoms with Crippen molar-refractivity contribution in [3.63, 3.8) is 0 Å². The van der Waals surface area contributed by atoms with Crippen LogP contribution < -0.4 is 0 Å². The molecule has 0 aliphatic carbocycles. The Hall–Kier alpha value is -6.18. The van der Waals surface area contributed by atoms with Crippen molar-refractivity contribution in [3.8, 4) is 33.4 Å². The molecule has 0 unspecified atom stereocenters. The Morgan fingerprint density at radius 3 is 1.72 bits per heavy atom. The molecule has 10 rings (SSSR count). The van der Waals surface area contributed by atoms with Crippen molar-refractivity contribution in [1.29, 1.82) is 0 Å². The molecular weight excluding hydrogens is 569 g/mol. The molecule has 1 heterocycles. The highest BCUT2D eigenvalue weighted by Crippen LogP contribution is 2.47. The quantitative estimate of drug-likeness (QED) is 0.183. The highest BCUT2D eigenvalue weighted by atomic mass is 16.3. The van der Waals surface area contributed by atoms with Crippen LogP contribution >= 0.6 is 0 Å². The third-order valence-corrected chi connectivity index (χ3v) is 9.14. The van der Waals surface area contributed by atoms with Crippen LogP contribution in [0.4, 0.5) is 0 Å². The van der Waals surface area contributed by atoms with E-state index < -0.39 is 24.2 Å². The fourth-order valence-electron chi connectivity index (χ4n) is 7.01. The van der Waals surface area contributed by atoms with E-state index in [-0.39, 0.29) is 68.5 Å². The van der Waals surface area contributed by atoms with Gasteiger partial charge in [-0.15, -0.1) is 0 Å². The fraction of sp³-hybridized carbons (Fsp3) is 0. The molecule has 0 N–H and O–H groups in total. The molecule has 0 aliphatic rings. The van der Waals surface area contributed by atoms with Crippen LogP contribution in [0.1, 0.15) is 12.3 Å². The minimum atomic E-state index is -0.532. The second kappa shape index (κ2) is 10.2. The largest absolute Gasteiger partial charge is 0.456 e. The van der Waals surface area contributed by atoms with Crippen LogP contribution in [0.15, 0.2) is 174 Å². The van der Waals surface area contributed by atoms with E-state index in [0.29, 0.717) is 5.56 Å². The van der Waals surface area contributed by atoms with Gasteiger partial charge in [0, 0.05) is 10.8 Å². The van der Waals surface area contributed by atoms with Gasteiger partial charge in [0.2, 0.25) is 0 Å². The predicted octanol–water partition coefficient (Wildman–Crippen LogP) is 13.2. The highest BCUT2D eigenvalue weighted by Gasteiger charge is 2.20. The van der Waals surface area contributed by atoms with Gasteiger partial charge in [-0.3, -0.25) is 0 Å². The lowest BCUT2D eigenvalue weighted by Gasteiger charge is -2.18. The summed E-state index contributed by atoms with van der Waals surface area (Å²) in [5.74, 6) is 0. The Morgan fingerprint density at radius 1 is 0.404 bits per heavy atom. The van der Waals surface area contributed by atoms with Crippen LogP contribution in [0.2, 0.25) is 0 Å². The second-order valence-electron chi connectivity index (χ2n) is 11.7. The molecule has 0 spiro atoms. The summed E-state index contributed by atoms with van der Waals surface area (Å²) in [7, 11) is 0. The molecule has 0 atom stereocenters. The van der Waals surface area contributed by atoms with Crippen molar-refractivity contribution >= 4 is 65.0 Å². The molecule has 0 bridgehead atoms. The molecule has 0 saturated heterocycles. The number of benzene rings is 9. The third-order valence-electron chi connectivity index (χ3n) is 9.14. The Bertz CT molecular complexity index is 3290. The first kappa shape index (κ1) is 18.7.